The number of esters is 5. The molecule has 0 N–H and O–H groups in total. The number of rotatable bonds is 17. The summed E-state index contributed by atoms with van der Waals surface area (Å²) in [6, 6.07) is 36.3. The van der Waals surface area contributed by atoms with Crippen molar-refractivity contribution >= 4 is 29.8 Å². The zero-order chi connectivity index (χ0) is 48.9. The quantitative estimate of drug-likeness (QED) is 0.0563. The van der Waals surface area contributed by atoms with E-state index in [1.807, 2.05) is 128 Å². The van der Waals surface area contributed by atoms with E-state index in [1.54, 1.807) is 0 Å². The molecule has 4 aliphatic rings. The Balaban J connectivity index is 1.38. The molecule has 4 fully saturated rings. The lowest BCUT2D eigenvalue weighted by molar-refractivity contribution is -0.298. The Morgan fingerprint density at radius 1 is 0.551 bits per heavy atom. The number of nitroso groups, excluding NO2 is 1. The zero-order valence-corrected chi connectivity index (χ0v) is 40.3. The van der Waals surface area contributed by atoms with Gasteiger partial charge in [-0.05, 0) is 104 Å². The second-order valence-electron chi connectivity index (χ2n) is 20.5. The van der Waals surface area contributed by atoms with E-state index < -0.39 is 62.4 Å². The zero-order valence-electron chi connectivity index (χ0n) is 40.3. The van der Waals surface area contributed by atoms with E-state index in [9.17, 15) is 9.70 Å². The highest BCUT2D eigenvalue weighted by molar-refractivity contribution is 5.98. The number of benzene rings is 4. The number of carbonyl (C=O) groups is 5. The highest BCUT2D eigenvalue weighted by Gasteiger charge is 2.90. The fraction of sp³-hybridized carbons (Fsp3) is 0.491. The van der Waals surface area contributed by atoms with E-state index in [0.717, 1.165) is 11.1 Å². The molecule has 4 aromatic carbocycles. The minimum Gasteiger partial charge on any atom is -0.469 e. The lowest BCUT2D eigenvalue weighted by atomic mass is 9.25. The number of carbonyl (C=O) groups excluding carboxylic acids is 5. The molecule has 0 spiro atoms. The lowest BCUT2D eigenvalue weighted by Gasteiger charge is -2.74. The van der Waals surface area contributed by atoms with Gasteiger partial charge < -0.3 is 23.7 Å². The van der Waals surface area contributed by atoms with Gasteiger partial charge in [-0.3, -0.25) is 24.0 Å². The molecule has 4 aromatic rings. The van der Waals surface area contributed by atoms with Gasteiger partial charge in [0, 0.05) is 11.8 Å². The normalized spacial score (nSPS) is 30.5. The highest BCUT2D eigenvalue weighted by Crippen LogP contribution is 2.85. The second kappa shape index (κ2) is 20.0. The van der Waals surface area contributed by atoms with Crippen LogP contribution in [0.25, 0.3) is 0 Å². The summed E-state index contributed by atoms with van der Waals surface area (Å²) in [6.45, 7) is 5.55. The van der Waals surface area contributed by atoms with E-state index in [-0.39, 0.29) is 102 Å². The molecule has 4 saturated carbocycles. The van der Waals surface area contributed by atoms with E-state index in [1.165, 1.54) is 7.11 Å². The van der Waals surface area contributed by atoms with Crippen LogP contribution < -0.4 is 0 Å². The molecule has 0 saturated heterocycles. The van der Waals surface area contributed by atoms with Crippen molar-refractivity contribution in [2.75, 3.05) is 7.11 Å². The molecule has 4 unspecified atom stereocenters. The molecule has 12 nitrogen and oxygen atoms in total. The van der Waals surface area contributed by atoms with Gasteiger partial charge in [-0.2, -0.15) is 4.91 Å². The van der Waals surface area contributed by atoms with E-state index in [0.29, 0.717) is 24.0 Å². The first-order chi connectivity index (χ1) is 33.3. The number of hydrogen-bond donors (Lipinski definition) is 0. The monoisotopic (exact) mass is 939 g/mol. The Bertz CT molecular complexity index is 2490. The van der Waals surface area contributed by atoms with Crippen molar-refractivity contribution in [1.29, 1.82) is 0 Å². The molecule has 364 valence electrons. The van der Waals surface area contributed by atoms with E-state index in [4.69, 9.17) is 23.7 Å². The second-order valence-corrected chi connectivity index (χ2v) is 20.5. The fourth-order valence-corrected chi connectivity index (χ4v) is 14.3. The predicted molar refractivity (Wildman–Crippen MR) is 256 cm³/mol. The van der Waals surface area contributed by atoms with Crippen LogP contribution in [0.3, 0.4) is 0 Å². The lowest BCUT2D eigenvalue weighted by Crippen LogP contribution is -2.80. The molecule has 9 atom stereocenters. The van der Waals surface area contributed by atoms with Gasteiger partial charge >= 0.3 is 29.8 Å². The molecule has 0 aromatic heterocycles. The molecule has 69 heavy (non-hydrogen) atoms. The summed E-state index contributed by atoms with van der Waals surface area (Å²) in [7, 11) is 1.36. The maximum atomic E-state index is 16.5. The van der Waals surface area contributed by atoms with Gasteiger partial charge in [-0.1, -0.05) is 147 Å². The minimum atomic E-state index is -2.00. The van der Waals surface area contributed by atoms with Crippen molar-refractivity contribution < 1.29 is 47.7 Å². The predicted octanol–water partition coefficient (Wildman–Crippen LogP) is 10.8. The van der Waals surface area contributed by atoms with E-state index >= 15 is 19.2 Å². The summed E-state index contributed by atoms with van der Waals surface area (Å²) in [5.74, 6) is -3.39. The first-order valence-electron chi connectivity index (χ1n) is 24.5. The highest BCUT2D eigenvalue weighted by atomic mass is 16.6. The van der Waals surface area contributed by atoms with Gasteiger partial charge in [0.25, 0.3) is 0 Å². The van der Waals surface area contributed by atoms with Crippen molar-refractivity contribution in [2.24, 2.45) is 49.5 Å². The summed E-state index contributed by atoms with van der Waals surface area (Å²) in [4.78, 5) is 90.1. The summed E-state index contributed by atoms with van der Waals surface area (Å²) < 4.78 is 31.1. The van der Waals surface area contributed by atoms with Crippen LogP contribution in [-0.4, -0.2) is 43.0 Å². The molecular formula is C57H65NO11. The molecular weight excluding hydrogens is 875 g/mol. The Morgan fingerprint density at radius 2 is 0.986 bits per heavy atom. The van der Waals surface area contributed by atoms with Gasteiger partial charge in [0.15, 0.2) is 0 Å². The molecule has 0 bridgehead atoms. The number of hydrogen-bond acceptors (Lipinski definition) is 12. The van der Waals surface area contributed by atoms with Crippen LogP contribution in [0.5, 0.6) is 0 Å². The Kier molecular flexibility index (Phi) is 14.3. The van der Waals surface area contributed by atoms with Crippen LogP contribution in [0.4, 0.5) is 0 Å². The standard InChI is InChI=1S/C57H65NO11/c1-40(25-26-47(59)65-4)46-28-30-55(49(61)67-37-42-19-11-6-12-20-42)52(46,2)31-33-56(50(62)68-38-43-21-13-7-14-22-43)53(3)29-27-45(58-64)35-54(53,48(60)66-36-41-17-9-5-10-18-41)32-34-57(55,56)51(63)69-39-44-23-15-8-16-24-44/h5-24,40,45-46H,25-39H2,1-4H3/t40-,45-,46-,52-,53+,54?,55?,56?,57?/m1/s1. The summed E-state index contributed by atoms with van der Waals surface area (Å²) in [6.07, 6.45) is 1.65. The first-order valence-corrected chi connectivity index (χ1v) is 24.5. The van der Waals surface area contributed by atoms with Gasteiger partial charge in [-0.15, -0.1) is 0 Å². The molecule has 4 aliphatic carbocycles. The van der Waals surface area contributed by atoms with Crippen LogP contribution in [0, 0.1) is 49.2 Å². The number of nitrogens with zero attached hydrogens (tertiary/aromatic N) is 1. The Labute approximate surface area is 405 Å². The van der Waals surface area contributed by atoms with Crippen molar-refractivity contribution in [3.05, 3.63) is 148 Å². The molecule has 0 aliphatic heterocycles. The van der Waals surface area contributed by atoms with Crippen LogP contribution in [0.15, 0.2) is 127 Å². The summed E-state index contributed by atoms with van der Waals surface area (Å²) in [5.41, 5.74) is -6.79. The molecule has 0 amide bonds. The average molecular weight is 940 g/mol. The topological polar surface area (TPSA) is 161 Å². The largest absolute Gasteiger partial charge is 0.469 e. The third-order valence-corrected chi connectivity index (χ3v) is 17.7. The van der Waals surface area contributed by atoms with Crippen LogP contribution in [0.1, 0.15) is 114 Å². The third kappa shape index (κ3) is 8.15. The first kappa shape index (κ1) is 49.3. The molecule has 0 radical (unpaired) electrons. The van der Waals surface area contributed by atoms with Gasteiger partial charge in [-0.25, -0.2) is 0 Å². The van der Waals surface area contributed by atoms with Crippen molar-refractivity contribution in [3.63, 3.8) is 0 Å². The summed E-state index contributed by atoms with van der Waals surface area (Å²) in [5, 5.41) is 3.53. The van der Waals surface area contributed by atoms with Crippen molar-refractivity contribution in [1.82, 2.24) is 0 Å². The van der Waals surface area contributed by atoms with Crippen LogP contribution >= 0.6 is 0 Å². The number of fused-ring (bicyclic) bond motifs is 5. The Hall–Kier alpha value is -6.17. The van der Waals surface area contributed by atoms with Gasteiger partial charge in [0.2, 0.25) is 0 Å². The van der Waals surface area contributed by atoms with Crippen molar-refractivity contribution in [2.45, 2.75) is 124 Å². The minimum absolute atomic E-state index is 0.0242. The molecule has 0 heterocycles. The van der Waals surface area contributed by atoms with E-state index in [2.05, 4.69) is 19.0 Å². The van der Waals surface area contributed by atoms with Crippen molar-refractivity contribution in [3.8, 4) is 0 Å². The maximum Gasteiger partial charge on any atom is 0.314 e. The molecule has 12 heteroatoms. The van der Waals surface area contributed by atoms with Gasteiger partial charge in [0.1, 0.15) is 31.8 Å². The van der Waals surface area contributed by atoms with Crippen LogP contribution in [-0.2, 0) is 74.1 Å². The van der Waals surface area contributed by atoms with Gasteiger partial charge in [0.05, 0.1) is 29.4 Å². The van der Waals surface area contributed by atoms with Crippen LogP contribution in [0.2, 0.25) is 0 Å². The third-order valence-electron chi connectivity index (χ3n) is 17.7. The fourth-order valence-electron chi connectivity index (χ4n) is 14.3. The average Bonchev–Trinajstić information content (AvgIpc) is 3.72. The maximum absolute atomic E-state index is 16.5. The number of methoxy groups -OCH3 is 1. The Morgan fingerprint density at radius 3 is 1.45 bits per heavy atom. The molecule has 8 rings (SSSR count). The summed E-state index contributed by atoms with van der Waals surface area (Å²) >= 11 is 0. The smallest absolute Gasteiger partial charge is 0.314 e. The number of ether oxygens (including phenoxy) is 5. The SMILES string of the molecule is COC(=O)CC[C@@H](C)[C@H]1CCC2(C(=O)OCc3ccccc3)C3(C(=O)OCc4ccccc4)CCC4(C(=O)OCc5ccccc5)C[C@H](N=O)CC[C@]4(C)C3(C(=O)OCc3ccccc3)CC[C@]12C.